The first-order chi connectivity index (χ1) is 11.6. The van der Waals surface area contributed by atoms with E-state index in [1.165, 1.54) is 5.56 Å². The first-order valence-electron chi connectivity index (χ1n) is 8.55. The molecule has 0 bridgehead atoms. The molecule has 7 heteroatoms. The molecule has 1 unspecified atom stereocenters. The molecule has 0 saturated carbocycles. The Bertz CT molecular complexity index is 520. The molecule has 0 amide bonds. The van der Waals surface area contributed by atoms with Gasteiger partial charge in [0.25, 0.3) is 0 Å². The molecule has 1 fully saturated rings. The van der Waals surface area contributed by atoms with Crippen molar-refractivity contribution in [3.8, 4) is 0 Å². The van der Waals surface area contributed by atoms with Gasteiger partial charge in [0, 0.05) is 51.8 Å². The molecule has 5 nitrogen and oxygen atoms in total. The van der Waals surface area contributed by atoms with Crippen molar-refractivity contribution < 1.29 is 4.74 Å². The van der Waals surface area contributed by atoms with Crippen molar-refractivity contribution in [3.63, 3.8) is 0 Å². The van der Waals surface area contributed by atoms with Crippen LogP contribution in [0.3, 0.4) is 0 Å². The van der Waals surface area contributed by atoms with E-state index in [2.05, 4.69) is 34.1 Å². The molecule has 1 saturated heterocycles. The molecular weight excluding hydrogens is 451 g/mol. The number of nitrogens with one attached hydrogen (secondary N) is 1. The van der Waals surface area contributed by atoms with Crippen molar-refractivity contribution in [1.82, 2.24) is 15.1 Å². The highest BCUT2D eigenvalue weighted by molar-refractivity contribution is 14.0. The van der Waals surface area contributed by atoms with Gasteiger partial charge >= 0.3 is 0 Å². The van der Waals surface area contributed by atoms with E-state index in [0.29, 0.717) is 5.92 Å². The van der Waals surface area contributed by atoms with Gasteiger partial charge in [0.2, 0.25) is 0 Å². The largest absolute Gasteiger partial charge is 0.379 e. The molecule has 0 radical (unpaired) electrons. The van der Waals surface area contributed by atoms with E-state index >= 15 is 0 Å². The summed E-state index contributed by atoms with van der Waals surface area (Å²) in [5.41, 5.74) is 1.21. The average molecular weight is 481 g/mol. The van der Waals surface area contributed by atoms with Crippen LogP contribution in [0.15, 0.2) is 29.3 Å². The van der Waals surface area contributed by atoms with E-state index in [1.807, 2.05) is 31.3 Å². The van der Waals surface area contributed by atoms with Crippen LogP contribution in [0.2, 0.25) is 5.02 Å². The van der Waals surface area contributed by atoms with Gasteiger partial charge in [0.05, 0.1) is 13.2 Å². The molecule has 0 aromatic heterocycles. The molecule has 0 aliphatic carbocycles. The quantitative estimate of drug-likeness (QED) is 0.386. The zero-order valence-electron chi connectivity index (χ0n) is 15.4. The lowest BCUT2D eigenvalue weighted by Crippen LogP contribution is -2.44. The molecule has 142 valence electrons. The fraction of sp³-hybridized carbons (Fsp3) is 0.611. The molecule has 1 aromatic carbocycles. The van der Waals surface area contributed by atoms with Crippen molar-refractivity contribution in [2.24, 2.45) is 10.9 Å². The first kappa shape index (κ1) is 22.5. The zero-order valence-corrected chi connectivity index (χ0v) is 18.5. The van der Waals surface area contributed by atoms with Gasteiger partial charge in [0.1, 0.15) is 0 Å². The third kappa shape index (κ3) is 8.11. The van der Waals surface area contributed by atoms with Crippen molar-refractivity contribution >= 4 is 41.5 Å². The Morgan fingerprint density at radius 3 is 2.56 bits per heavy atom. The molecular formula is C18H30ClIN4O. The maximum Gasteiger partial charge on any atom is 0.193 e. The van der Waals surface area contributed by atoms with Crippen LogP contribution < -0.4 is 5.32 Å². The summed E-state index contributed by atoms with van der Waals surface area (Å²) >= 11 is 5.94. The second-order valence-corrected chi connectivity index (χ2v) is 6.87. The Balaban J connectivity index is 0.00000312. The monoisotopic (exact) mass is 480 g/mol. The maximum atomic E-state index is 5.94. The Hall–Kier alpha value is -0.570. The number of hydrogen-bond acceptors (Lipinski definition) is 3. The molecule has 1 aromatic rings. The highest BCUT2D eigenvalue weighted by atomic mass is 127. The van der Waals surface area contributed by atoms with Gasteiger partial charge in [-0.3, -0.25) is 9.89 Å². The summed E-state index contributed by atoms with van der Waals surface area (Å²) in [5.74, 6) is 1.47. The molecule has 1 heterocycles. The Labute approximate surface area is 173 Å². The van der Waals surface area contributed by atoms with E-state index in [0.717, 1.165) is 56.9 Å². The van der Waals surface area contributed by atoms with Gasteiger partial charge in [-0.2, -0.15) is 0 Å². The number of nitrogens with zero attached hydrogens (tertiary/aromatic N) is 3. The Kier molecular flexibility index (Phi) is 10.7. The SMILES string of the molecule is CN=C(NCC(C)CN1CCOCC1)N(C)Cc1ccc(Cl)cc1.I. The summed E-state index contributed by atoms with van der Waals surface area (Å²) in [7, 11) is 3.88. The number of morpholine rings is 1. The summed E-state index contributed by atoms with van der Waals surface area (Å²) in [6.45, 7) is 8.86. The van der Waals surface area contributed by atoms with Gasteiger partial charge in [-0.25, -0.2) is 0 Å². The van der Waals surface area contributed by atoms with Gasteiger partial charge in [-0.15, -0.1) is 24.0 Å². The van der Waals surface area contributed by atoms with Crippen molar-refractivity contribution in [2.45, 2.75) is 13.5 Å². The van der Waals surface area contributed by atoms with Crippen LogP contribution in [0.1, 0.15) is 12.5 Å². The van der Waals surface area contributed by atoms with Gasteiger partial charge in [0.15, 0.2) is 5.96 Å². The number of benzene rings is 1. The Morgan fingerprint density at radius 2 is 1.96 bits per heavy atom. The molecule has 25 heavy (non-hydrogen) atoms. The van der Waals surface area contributed by atoms with Crippen molar-refractivity contribution in [1.29, 1.82) is 0 Å². The predicted molar refractivity (Wildman–Crippen MR) is 116 cm³/mol. The van der Waals surface area contributed by atoms with Gasteiger partial charge in [-0.05, 0) is 23.6 Å². The zero-order chi connectivity index (χ0) is 17.4. The predicted octanol–water partition coefficient (Wildman–Crippen LogP) is 2.93. The minimum atomic E-state index is 0. The second-order valence-electron chi connectivity index (χ2n) is 6.43. The second kappa shape index (κ2) is 11.9. The topological polar surface area (TPSA) is 40.1 Å². The molecule has 1 N–H and O–H groups in total. The van der Waals surface area contributed by atoms with E-state index in [9.17, 15) is 0 Å². The number of ether oxygens (including phenoxy) is 1. The highest BCUT2D eigenvalue weighted by Crippen LogP contribution is 2.11. The first-order valence-corrected chi connectivity index (χ1v) is 8.92. The van der Waals surface area contributed by atoms with Gasteiger partial charge < -0.3 is 15.0 Å². The van der Waals surface area contributed by atoms with Crippen LogP contribution in [0.4, 0.5) is 0 Å². The van der Waals surface area contributed by atoms with Crippen LogP contribution in [-0.4, -0.2) is 69.2 Å². The van der Waals surface area contributed by atoms with Crippen molar-refractivity contribution in [3.05, 3.63) is 34.9 Å². The minimum absolute atomic E-state index is 0. The van der Waals surface area contributed by atoms with E-state index in [4.69, 9.17) is 16.3 Å². The van der Waals surface area contributed by atoms with E-state index < -0.39 is 0 Å². The van der Waals surface area contributed by atoms with Crippen molar-refractivity contribution in [2.75, 3.05) is 53.5 Å². The van der Waals surface area contributed by atoms with Crippen LogP contribution in [0.5, 0.6) is 0 Å². The normalized spacial score (nSPS) is 16.9. The van der Waals surface area contributed by atoms with Crippen LogP contribution in [-0.2, 0) is 11.3 Å². The number of halogens is 2. The Morgan fingerprint density at radius 1 is 1.32 bits per heavy atom. The summed E-state index contributed by atoms with van der Waals surface area (Å²) in [5, 5.41) is 4.25. The summed E-state index contributed by atoms with van der Waals surface area (Å²) in [4.78, 5) is 8.99. The standard InChI is InChI=1S/C18H29ClN4O.HI/c1-15(13-23-8-10-24-11-9-23)12-21-18(20-2)22(3)14-16-4-6-17(19)7-5-16;/h4-7,15H,8-14H2,1-3H3,(H,20,21);1H. The minimum Gasteiger partial charge on any atom is -0.379 e. The average Bonchev–Trinajstić information content (AvgIpc) is 2.58. The summed E-state index contributed by atoms with van der Waals surface area (Å²) in [6, 6.07) is 7.94. The van der Waals surface area contributed by atoms with Crippen LogP contribution >= 0.6 is 35.6 Å². The lowest BCUT2D eigenvalue weighted by atomic mass is 10.1. The van der Waals surface area contributed by atoms with Gasteiger partial charge in [-0.1, -0.05) is 30.7 Å². The molecule has 2 rings (SSSR count). The van der Waals surface area contributed by atoms with Crippen LogP contribution in [0, 0.1) is 5.92 Å². The number of aliphatic imine (C=N–C) groups is 1. The lowest BCUT2D eigenvalue weighted by molar-refractivity contribution is 0.0320. The van der Waals surface area contributed by atoms with E-state index in [1.54, 1.807) is 0 Å². The third-order valence-corrected chi connectivity index (χ3v) is 4.44. The fourth-order valence-electron chi connectivity index (χ4n) is 2.88. The number of rotatable bonds is 6. The number of hydrogen-bond donors (Lipinski definition) is 1. The lowest BCUT2D eigenvalue weighted by Gasteiger charge is -2.30. The third-order valence-electron chi connectivity index (χ3n) is 4.19. The number of guanidine groups is 1. The highest BCUT2D eigenvalue weighted by Gasteiger charge is 2.14. The molecule has 0 spiro atoms. The molecule has 1 aliphatic rings. The molecule has 1 aliphatic heterocycles. The van der Waals surface area contributed by atoms with E-state index in [-0.39, 0.29) is 24.0 Å². The smallest absolute Gasteiger partial charge is 0.193 e. The summed E-state index contributed by atoms with van der Waals surface area (Å²) < 4.78 is 5.40. The molecule has 1 atom stereocenters. The maximum absolute atomic E-state index is 5.94. The summed E-state index contributed by atoms with van der Waals surface area (Å²) in [6.07, 6.45) is 0. The fourth-order valence-corrected chi connectivity index (χ4v) is 3.00. The van der Waals surface area contributed by atoms with Crippen LogP contribution in [0.25, 0.3) is 0 Å².